The molecule has 0 aliphatic heterocycles. The van der Waals surface area contributed by atoms with E-state index in [1.165, 1.54) is 5.56 Å². The molecule has 0 fully saturated rings. The van der Waals surface area contributed by atoms with Crippen LogP contribution in [-0.2, 0) is 15.1 Å². The lowest BCUT2D eigenvalue weighted by Crippen LogP contribution is -2.38. The molecule has 5 rings (SSSR count). The standard InChI is InChI=1S/C26H20O2/c1-17(2)25(27)28-26(19-11-3-4-12-19)22-15-6-5-13-20(22)21-14-7-9-18-10-8-16-23(26)24(18)21/h3-11,13-16H,1,12H2,2H3. The number of carbonyl (C=O) groups excluding carboxylic acids is 1. The van der Waals surface area contributed by atoms with Gasteiger partial charge < -0.3 is 4.74 Å². The molecule has 3 aromatic carbocycles. The number of carbonyl (C=O) groups is 1. The van der Waals surface area contributed by atoms with E-state index in [0.717, 1.165) is 39.5 Å². The normalized spacial score (nSPS) is 19.2. The fourth-order valence-electron chi connectivity index (χ4n) is 4.48. The fraction of sp³-hybridized carbons (Fsp3) is 0.115. The highest BCUT2D eigenvalue weighted by Crippen LogP contribution is 2.54. The van der Waals surface area contributed by atoms with E-state index in [9.17, 15) is 4.79 Å². The molecule has 0 N–H and O–H groups in total. The van der Waals surface area contributed by atoms with Gasteiger partial charge in [0.1, 0.15) is 0 Å². The molecule has 0 spiro atoms. The van der Waals surface area contributed by atoms with Crippen LogP contribution in [0.15, 0.2) is 96.6 Å². The van der Waals surface area contributed by atoms with E-state index < -0.39 is 5.60 Å². The van der Waals surface area contributed by atoms with E-state index in [1.54, 1.807) is 6.92 Å². The van der Waals surface area contributed by atoms with Gasteiger partial charge in [-0.25, -0.2) is 4.79 Å². The van der Waals surface area contributed by atoms with Crippen LogP contribution in [0.5, 0.6) is 0 Å². The zero-order chi connectivity index (χ0) is 19.3. The molecular weight excluding hydrogens is 344 g/mol. The Balaban J connectivity index is 1.94. The van der Waals surface area contributed by atoms with Gasteiger partial charge in [0.2, 0.25) is 0 Å². The maximum absolute atomic E-state index is 12.8. The summed E-state index contributed by atoms with van der Waals surface area (Å²) in [6.07, 6.45) is 6.97. The van der Waals surface area contributed by atoms with Crippen LogP contribution in [0, 0.1) is 0 Å². The van der Waals surface area contributed by atoms with Crippen molar-refractivity contribution >= 4 is 16.7 Å². The smallest absolute Gasteiger partial charge is 0.334 e. The number of esters is 1. The summed E-state index contributed by atoms with van der Waals surface area (Å²) >= 11 is 0. The molecule has 2 aliphatic rings. The van der Waals surface area contributed by atoms with Gasteiger partial charge in [0, 0.05) is 16.7 Å². The van der Waals surface area contributed by atoms with Crippen molar-refractivity contribution in [3.63, 3.8) is 0 Å². The molecule has 2 nitrogen and oxygen atoms in total. The molecule has 28 heavy (non-hydrogen) atoms. The molecule has 0 aromatic heterocycles. The minimum Gasteiger partial charge on any atom is -0.441 e. The Hall–Kier alpha value is -3.39. The predicted molar refractivity (Wildman–Crippen MR) is 113 cm³/mol. The van der Waals surface area contributed by atoms with Crippen molar-refractivity contribution in [3.8, 4) is 11.1 Å². The summed E-state index contributed by atoms with van der Waals surface area (Å²) in [5.41, 5.74) is 4.82. The minimum atomic E-state index is -0.954. The second kappa shape index (κ2) is 6.07. The SMILES string of the molecule is C=C(C)C(=O)OC1(C2=CC=CC2)c2ccccc2-c2cccc3cccc1c23. The van der Waals surface area contributed by atoms with Crippen LogP contribution < -0.4 is 0 Å². The van der Waals surface area contributed by atoms with Crippen molar-refractivity contribution in [2.75, 3.05) is 0 Å². The second-order valence-electron chi connectivity index (χ2n) is 7.43. The maximum Gasteiger partial charge on any atom is 0.334 e. The zero-order valence-corrected chi connectivity index (χ0v) is 15.7. The molecule has 0 amide bonds. The van der Waals surface area contributed by atoms with Crippen LogP contribution in [0.1, 0.15) is 24.5 Å². The monoisotopic (exact) mass is 364 g/mol. The van der Waals surface area contributed by atoms with E-state index in [-0.39, 0.29) is 5.97 Å². The highest BCUT2D eigenvalue weighted by atomic mass is 16.6. The van der Waals surface area contributed by atoms with Crippen LogP contribution in [0.2, 0.25) is 0 Å². The predicted octanol–water partition coefficient (Wildman–Crippen LogP) is 6.07. The highest BCUT2D eigenvalue weighted by molar-refractivity contribution is 6.04. The Morgan fingerprint density at radius 2 is 1.68 bits per heavy atom. The van der Waals surface area contributed by atoms with Gasteiger partial charge in [0.05, 0.1) is 0 Å². The molecule has 3 aromatic rings. The Morgan fingerprint density at radius 3 is 2.43 bits per heavy atom. The van der Waals surface area contributed by atoms with Gasteiger partial charge in [-0.3, -0.25) is 0 Å². The molecule has 0 bridgehead atoms. The van der Waals surface area contributed by atoms with Gasteiger partial charge in [0.25, 0.3) is 0 Å². The Morgan fingerprint density at radius 1 is 0.964 bits per heavy atom. The summed E-state index contributed by atoms with van der Waals surface area (Å²) < 4.78 is 6.35. The summed E-state index contributed by atoms with van der Waals surface area (Å²) in [6, 6.07) is 20.8. The average molecular weight is 364 g/mol. The third-order valence-electron chi connectivity index (χ3n) is 5.70. The van der Waals surface area contributed by atoms with E-state index in [0.29, 0.717) is 5.57 Å². The third-order valence-corrected chi connectivity index (χ3v) is 5.70. The molecule has 2 aliphatic carbocycles. The Kier molecular flexibility index (Phi) is 3.63. The van der Waals surface area contributed by atoms with E-state index >= 15 is 0 Å². The summed E-state index contributed by atoms with van der Waals surface area (Å²) in [6.45, 7) is 5.51. The van der Waals surface area contributed by atoms with Gasteiger partial charge in [-0.15, -0.1) is 0 Å². The van der Waals surface area contributed by atoms with Crippen LogP contribution in [0.3, 0.4) is 0 Å². The fourth-order valence-corrected chi connectivity index (χ4v) is 4.48. The van der Waals surface area contributed by atoms with E-state index in [2.05, 4.69) is 61.2 Å². The van der Waals surface area contributed by atoms with Crippen LogP contribution >= 0.6 is 0 Å². The van der Waals surface area contributed by atoms with Gasteiger partial charge in [-0.1, -0.05) is 85.5 Å². The first-order valence-corrected chi connectivity index (χ1v) is 9.50. The van der Waals surface area contributed by atoms with Crippen molar-refractivity contribution in [3.05, 3.63) is 108 Å². The summed E-state index contributed by atoms with van der Waals surface area (Å²) in [7, 11) is 0. The van der Waals surface area contributed by atoms with Crippen molar-refractivity contribution in [2.24, 2.45) is 0 Å². The lowest BCUT2D eigenvalue weighted by Gasteiger charge is -2.41. The lowest BCUT2D eigenvalue weighted by molar-refractivity contribution is -0.148. The van der Waals surface area contributed by atoms with Gasteiger partial charge in [0.15, 0.2) is 5.60 Å². The van der Waals surface area contributed by atoms with Crippen LogP contribution in [0.4, 0.5) is 0 Å². The maximum atomic E-state index is 12.8. The summed E-state index contributed by atoms with van der Waals surface area (Å²) in [5.74, 6) is -0.376. The van der Waals surface area contributed by atoms with Crippen molar-refractivity contribution < 1.29 is 9.53 Å². The Bertz CT molecular complexity index is 1210. The highest BCUT2D eigenvalue weighted by Gasteiger charge is 2.47. The number of rotatable bonds is 3. The number of ether oxygens (including phenoxy) is 1. The van der Waals surface area contributed by atoms with E-state index in [4.69, 9.17) is 4.74 Å². The first-order valence-electron chi connectivity index (χ1n) is 9.50. The molecule has 1 unspecified atom stereocenters. The summed E-state index contributed by atoms with van der Waals surface area (Å²) in [4.78, 5) is 12.8. The summed E-state index contributed by atoms with van der Waals surface area (Å²) in [5, 5.41) is 2.29. The molecular formula is C26H20O2. The van der Waals surface area contributed by atoms with Crippen molar-refractivity contribution in [2.45, 2.75) is 18.9 Å². The van der Waals surface area contributed by atoms with Gasteiger partial charge in [-0.05, 0) is 40.8 Å². The lowest BCUT2D eigenvalue weighted by atomic mass is 9.70. The van der Waals surface area contributed by atoms with E-state index in [1.807, 2.05) is 24.3 Å². The minimum absolute atomic E-state index is 0.376. The molecule has 0 saturated heterocycles. The van der Waals surface area contributed by atoms with Crippen LogP contribution in [0.25, 0.3) is 21.9 Å². The third kappa shape index (κ3) is 2.18. The van der Waals surface area contributed by atoms with Crippen molar-refractivity contribution in [1.29, 1.82) is 0 Å². The molecule has 0 radical (unpaired) electrons. The number of allylic oxidation sites excluding steroid dienone is 3. The molecule has 136 valence electrons. The first-order chi connectivity index (χ1) is 13.6. The quantitative estimate of drug-likeness (QED) is 0.416. The van der Waals surface area contributed by atoms with Gasteiger partial charge >= 0.3 is 5.97 Å². The molecule has 0 heterocycles. The number of hydrogen-bond acceptors (Lipinski definition) is 2. The molecule has 2 heteroatoms. The number of benzene rings is 3. The molecule has 1 atom stereocenters. The number of fused-ring (bicyclic) bond motifs is 2. The Labute approximate surface area is 164 Å². The topological polar surface area (TPSA) is 26.3 Å². The average Bonchev–Trinajstić information content (AvgIpc) is 3.26. The van der Waals surface area contributed by atoms with Crippen molar-refractivity contribution in [1.82, 2.24) is 0 Å². The zero-order valence-electron chi connectivity index (χ0n) is 15.7. The number of hydrogen-bond donors (Lipinski definition) is 0. The first kappa shape index (κ1) is 16.8. The second-order valence-corrected chi connectivity index (χ2v) is 7.43. The van der Waals surface area contributed by atoms with Gasteiger partial charge in [-0.2, -0.15) is 0 Å². The largest absolute Gasteiger partial charge is 0.441 e. The molecule has 0 saturated carbocycles. The van der Waals surface area contributed by atoms with Crippen LogP contribution in [-0.4, -0.2) is 5.97 Å².